The van der Waals surface area contributed by atoms with E-state index in [1.807, 2.05) is 20.8 Å². The molecule has 154 valence electrons. The largest absolute Gasteiger partial charge is 0.460 e. The molecule has 27 heavy (non-hydrogen) atoms. The van der Waals surface area contributed by atoms with Crippen LogP contribution in [0.5, 0.6) is 0 Å². The average Bonchev–Trinajstić information content (AvgIpc) is 3.50. The van der Waals surface area contributed by atoms with Gasteiger partial charge in [-0.05, 0) is 59.3 Å². The highest BCUT2D eigenvalue weighted by Crippen LogP contribution is 2.51. The first-order chi connectivity index (χ1) is 12.8. The number of carbonyl (C=O) groups is 1. The zero-order valence-electron chi connectivity index (χ0n) is 18.1. The van der Waals surface area contributed by atoms with Crippen LogP contribution in [0.25, 0.3) is 0 Å². The van der Waals surface area contributed by atoms with E-state index >= 15 is 0 Å². The number of rotatable bonds is 14. The van der Waals surface area contributed by atoms with Gasteiger partial charge in [-0.1, -0.05) is 64.2 Å². The van der Waals surface area contributed by atoms with E-state index in [1.54, 1.807) is 0 Å². The average molecular weight is 377 g/mol. The maximum atomic E-state index is 12.3. The molecule has 0 atom stereocenters. The fraction of sp³-hybridized carbons (Fsp3) is 0.917. The van der Waals surface area contributed by atoms with Crippen molar-refractivity contribution in [2.24, 2.45) is 10.8 Å². The highest BCUT2D eigenvalue weighted by molar-refractivity contribution is 5.80. The standard InChI is InChI=1S/C24H41NO2/c1-22(2,3)27-21(26)24(18-19-24)15-13-11-9-7-5-4-6-8-10-12-14-23(20-25)16-17-23/h4-19H2,1-3H3/p+1. The van der Waals surface area contributed by atoms with Gasteiger partial charge < -0.3 is 4.74 Å². The van der Waals surface area contributed by atoms with Gasteiger partial charge in [0.25, 0.3) is 6.07 Å². The number of ether oxygens (including phenoxy) is 1. The molecule has 0 aromatic carbocycles. The van der Waals surface area contributed by atoms with Gasteiger partial charge in [-0.25, -0.2) is 0 Å². The van der Waals surface area contributed by atoms with Crippen molar-refractivity contribution in [1.82, 2.24) is 0 Å². The van der Waals surface area contributed by atoms with Crippen LogP contribution in [0.4, 0.5) is 0 Å². The molecule has 0 aromatic rings. The molecule has 0 saturated heterocycles. The van der Waals surface area contributed by atoms with Crippen LogP contribution in [0.15, 0.2) is 0 Å². The molecule has 2 saturated carbocycles. The van der Waals surface area contributed by atoms with Gasteiger partial charge in [0.05, 0.1) is 5.41 Å². The second kappa shape index (κ2) is 9.94. The molecule has 0 aromatic heterocycles. The fourth-order valence-corrected chi connectivity index (χ4v) is 4.02. The Balaban J connectivity index is 1.37. The Kier molecular flexibility index (Phi) is 8.20. The molecule has 0 radical (unpaired) electrons. The van der Waals surface area contributed by atoms with E-state index in [2.05, 4.69) is 6.07 Å². The van der Waals surface area contributed by atoms with E-state index in [0.717, 1.165) is 19.3 Å². The predicted molar refractivity (Wildman–Crippen MR) is 109 cm³/mol. The minimum Gasteiger partial charge on any atom is -0.460 e. The lowest BCUT2D eigenvalue weighted by atomic mass is 9.97. The predicted octanol–water partition coefficient (Wildman–Crippen LogP) is 5.34. The Morgan fingerprint density at radius 1 is 0.815 bits per heavy atom. The van der Waals surface area contributed by atoms with Crippen LogP contribution >= 0.6 is 0 Å². The Morgan fingerprint density at radius 3 is 1.63 bits per heavy atom. The number of esters is 1. The molecule has 1 N–H and O–H groups in total. The lowest BCUT2D eigenvalue weighted by molar-refractivity contribution is -0.162. The van der Waals surface area contributed by atoms with Gasteiger partial charge in [-0.2, -0.15) is 0 Å². The first-order valence-corrected chi connectivity index (χ1v) is 11.5. The van der Waals surface area contributed by atoms with Crippen molar-refractivity contribution in [2.75, 3.05) is 0 Å². The molecule has 0 amide bonds. The van der Waals surface area contributed by atoms with Crippen molar-refractivity contribution in [2.45, 2.75) is 129 Å². The summed E-state index contributed by atoms with van der Waals surface area (Å²) >= 11 is 0. The van der Waals surface area contributed by atoms with E-state index in [9.17, 15) is 4.79 Å². The minimum atomic E-state index is -0.357. The number of carbonyl (C=O) groups excluding carboxylic acids is 1. The second-order valence-electron chi connectivity index (χ2n) is 10.2. The SMILES string of the molecule is CC(C)(C)OC(=O)C1(CCCCCCCCCCCCC2(C#[NH+])CC2)CC1. The Bertz CT molecular complexity index is 503. The van der Waals surface area contributed by atoms with Crippen LogP contribution in [-0.2, 0) is 9.53 Å². The van der Waals surface area contributed by atoms with E-state index in [4.69, 9.17) is 10.00 Å². The van der Waals surface area contributed by atoms with Crippen molar-refractivity contribution >= 4 is 5.97 Å². The highest BCUT2D eigenvalue weighted by atomic mass is 16.6. The Hall–Kier alpha value is -1.04. The summed E-state index contributed by atoms with van der Waals surface area (Å²) in [5.41, 5.74) is -0.269. The molecule has 2 aliphatic carbocycles. The number of hydrogen-bond donors (Lipinski definition) is 1. The van der Waals surface area contributed by atoms with Gasteiger partial charge in [0.1, 0.15) is 11.0 Å². The van der Waals surface area contributed by atoms with Crippen LogP contribution in [0.3, 0.4) is 0 Å². The molecule has 2 rings (SSSR count). The molecule has 0 bridgehead atoms. The van der Waals surface area contributed by atoms with Gasteiger partial charge in [-0.3, -0.25) is 4.79 Å². The number of nitrogens with one attached hydrogen (secondary N) is 1. The van der Waals surface area contributed by atoms with Gasteiger partial charge >= 0.3 is 5.97 Å². The van der Waals surface area contributed by atoms with Crippen LogP contribution < -0.4 is 5.26 Å². The summed E-state index contributed by atoms with van der Waals surface area (Å²) in [5, 5.41) is 7.33. The first-order valence-electron chi connectivity index (χ1n) is 11.5. The van der Waals surface area contributed by atoms with E-state index in [-0.39, 0.29) is 22.4 Å². The van der Waals surface area contributed by atoms with Crippen LogP contribution in [-0.4, -0.2) is 11.6 Å². The van der Waals surface area contributed by atoms with E-state index < -0.39 is 0 Å². The summed E-state index contributed by atoms with van der Waals surface area (Å²) < 4.78 is 5.59. The number of hydrogen-bond acceptors (Lipinski definition) is 2. The summed E-state index contributed by atoms with van der Waals surface area (Å²) in [4.78, 5) is 12.3. The van der Waals surface area contributed by atoms with Crippen LogP contribution in [0.1, 0.15) is 124 Å². The zero-order valence-corrected chi connectivity index (χ0v) is 18.1. The lowest BCUT2D eigenvalue weighted by Gasteiger charge is -2.23. The third-order valence-corrected chi connectivity index (χ3v) is 6.36. The smallest absolute Gasteiger partial charge is 0.312 e. The van der Waals surface area contributed by atoms with E-state index in [0.29, 0.717) is 0 Å². The second-order valence-corrected chi connectivity index (χ2v) is 10.2. The van der Waals surface area contributed by atoms with Crippen molar-refractivity contribution in [3.63, 3.8) is 0 Å². The summed E-state index contributed by atoms with van der Waals surface area (Å²) in [5.74, 6) is 0.0427. The van der Waals surface area contributed by atoms with Crippen molar-refractivity contribution < 1.29 is 14.8 Å². The third kappa shape index (κ3) is 8.24. The topological polar surface area (TPSA) is 50.1 Å². The third-order valence-electron chi connectivity index (χ3n) is 6.36. The maximum absolute atomic E-state index is 12.3. The molecule has 0 aliphatic heterocycles. The lowest BCUT2D eigenvalue weighted by Crippen LogP contribution is -2.29. The zero-order chi connectivity index (χ0) is 19.8. The van der Waals surface area contributed by atoms with Crippen molar-refractivity contribution in [3.8, 4) is 6.07 Å². The molecular formula is C24H42NO2+. The normalized spacial score (nSPS) is 19.3. The number of unbranched alkanes of at least 4 members (excludes halogenated alkanes) is 9. The van der Waals surface area contributed by atoms with Gasteiger partial charge in [0.2, 0.25) is 0 Å². The molecule has 3 heteroatoms. The first kappa shape index (κ1) is 22.3. The van der Waals surface area contributed by atoms with Crippen molar-refractivity contribution in [1.29, 1.82) is 0 Å². The van der Waals surface area contributed by atoms with Crippen LogP contribution in [0.2, 0.25) is 0 Å². The molecule has 0 unspecified atom stereocenters. The minimum absolute atomic E-state index is 0.0427. The molecule has 0 heterocycles. The maximum Gasteiger partial charge on any atom is 0.312 e. The summed E-state index contributed by atoms with van der Waals surface area (Å²) in [6.07, 6.45) is 19.8. The fourth-order valence-electron chi connectivity index (χ4n) is 4.02. The summed E-state index contributed by atoms with van der Waals surface area (Å²) in [6, 6.07) is 2.74. The Morgan fingerprint density at radius 2 is 1.26 bits per heavy atom. The highest BCUT2D eigenvalue weighted by Gasteiger charge is 2.51. The monoisotopic (exact) mass is 376 g/mol. The molecule has 2 fully saturated rings. The van der Waals surface area contributed by atoms with Crippen LogP contribution in [0, 0.1) is 16.9 Å². The van der Waals surface area contributed by atoms with Crippen molar-refractivity contribution in [3.05, 3.63) is 0 Å². The van der Waals surface area contributed by atoms with Gasteiger partial charge in [-0.15, -0.1) is 5.26 Å². The summed E-state index contributed by atoms with van der Waals surface area (Å²) in [7, 11) is 0. The Labute approximate surface area is 167 Å². The molecular weight excluding hydrogens is 334 g/mol. The van der Waals surface area contributed by atoms with Gasteiger partial charge in [0.15, 0.2) is 0 Å². The quantitative estimate of drug-likeness (QED) is 0.328. The van der Waals surface area contributed by atoms with Gasteiger partial charge in [0, 0.05) is 0 Å². The molecule has 3 nitrogen and oxygen atoms in total. The summed E-state index contributed by atoms with van der Waals surface area (Å²) in [6.45, 7) is 5.87. The van der Waals surface area contributed by atoms with E-state index in [1.165, 1.54) is 83.5 Å². The molecule has 2 aliphatic rings. The molecule has 0 spiro atoms.